The van der Waals surface area contributed by atoms with Gasteiger partial charge in [0.1, 0.15) is 0 Å². The summed E-state index contributed by atoms with van der Waals surface area (Å²) in [6.07, 6.45) is 0.555. The summed E-state index contributed by atoms with van der Waals surface area (Å²) in [5, 5.41) is 17.2. The quantitative estimate of drug-likeness (QED) is 0.768. The van der Waals surface area contributed by atoms with Crippen LogP contribution in [0.4, 0.5) is 10.5 Å². The molecule has 3 aromatic rings. The first-order valence-corrected chi connectivity index (χ1v) is 6.44. The van der Waals surface area contributed by atoms with Crippen molar-refractivity contribution in [2.24, 2.45) is 0 Å². The first-order valence-electron chi connectivity index (χ1n) is 5.56. The lowest BCUT2D eigenvalue weighted by Crippen LogP contribution is -2.06. The summed E-state index contributed by atoms with van der Waals surface area (Å²) in [5.41, 5.74) is 1.21. The van der Waals surface area contributed by atoms with E-state index < -0.39 is 6.09 Å². The highest BCUT2D eigenvalue weighted by Gasteiger charge is 2.12. The number of hydrogen-bond acceptors (Lipinski definition) is 6. The average molecular weight is 288 g/mol. The number of nitrogens with zero attached hydrogens (tertiary/aromatic N) is 3. The lowest BCUT2D eigenvalue weighted by atomic mass is 10.2. The predicted octanol–water partition coefficient (Wildman–Crippen LogP) is 2.95. The van der Waals surface area contributed by atoms with Crippen LogP contribution in [0.25, 0.3) is 22.3 Å². The zero-order valence-electron chi connectivity index (χ0n) is 9.98. The molecule has 0 spiro atoms. The smallest absolute Gasteiger partial charge is 0.409 e. The maximum absolute atomic E-state index is 10.5. The number of aromatic nitrogens is 3. The van der Waals surface area contributed by atoms with Gasteiger partial charge in [0.2, 0.25) is 5.82 Å². The molecule has 0 aliphatic rings. The van der Waals surface area contributed by atoms with E-state index in [1.165, 1.54) is 11.3 Å². The molecule has 0 unspecified atom stereocenters. The zero-order chi connectivity index (χ0) is 13.9. The van der Waals surface area contributed by atoms with E-state index >= 15 is 0 Å². The fraction of sp³-hybridized carbons (Fsp3) is 0. The van der Waals surface area contributed by atoms with Gasteiger partial charge in [-0.05, 0) is 24.3 Å². The summed E-state index contributed by atoms with van der Waals surface area (Å²) in [5.74, 6) is 0.791. The number of anilines is 1. The fourth-order valence-corrected chi connectivity index (χ4v) is 2.14. The van der Waals surface area contributed by atoms with Crippen LogP contribution in [0.2, 0.25) is 0 Å². The van der Waals surface area contributed by atoms with Crippen LogP contribution in [0.3, 0.4) is 0 Å². The van der Waals surface area contributed by atoms with Gasteiger partial charge < -0.3 is 9.63 Å². The molecule has 0 fully saturated rings. The molecule has 0 saturated carbocycles. The molecule has 0 aliphatic carbocycles. The van der Waals surface area contributed by atoms with Crippen LogP contribution in [0.15, 0.2) is 40.4 Å². The van der Waals surface area contributed by atoms with Crippen molar-refractivity contribution in [2.45, 2.75) is 0 Å². The maximum atomic E-state index is 10.5. The highest BCUT2D eigenvalue weighted by molar-refractivity contribution is 7.12. The van der Waals surface area contributed by atoms with Crippen molar-refractivity contribution < 1.29 is 14.4 Å². The summed E-state index contributed by atoms with van der Waals surface area (Å²) in [4.78, 5) is 18.8. The van der Waals surface area contributed by atoms with Gasteiger partial charge in [-0.25, -0.2) is 9.78 Å². The van der Waals surface area contributed by atoms with Crippen LogP contribution < -0.4 is 5.32 Å². The first-order chi connectivity index (χ1) is 9.72. The number of carbonyl (C=O) groups is 1. The number of carboxylic acid groups (broad SMARTS) is 1. The van der Waals surface area contributed by atoms with Gasteiger partial charge in [0.05, 0.1) is 0 Å². The van der Waals surface area contributed by atoms with E-state index in [0.717, 1.165) is 5.56 Å². The highest BCUT2D eigenvalue weighted by atomic mass is 32.1. The van der Waals surface area contributed by atoms with Crippen molar-refractivity contribution in [3.63, 3.8) is 0 Å². The van der Waals surface area contributed by atoms with Crippen molar-refractivity contribution in [3.05, 3.63) is 35.8 Å². The number of amides is 1. The molecule has 1 amide bonds. The van der Waals surface area contributed by atoms with Crippen LogP contribution in [0.5, 0.6) is 0 Å². The first kappa shape index (κ1) is 12.3. The van der Waals surface area contributed by atoms with Crippen molar-refractivity contribution in [1.82, 2.24) is 15.1 Å². The van der Waals surface area contributed by atoms with E-state index in [4.69, 9.17) is 9.63 Å². The minimum absolute atomic E-state index is 0.364. The van der Waals surface area contributed by atoms with Crippen molar-refractivity contribution >= 4 is 23.1 Å². The number of rotatable bonds is 3. The Labute approximate surface area is 116 Å². The van der Waals surface area contributed by atoms with E-state index in [2.05, 4.69) is 20.4 Å². The van der Waals surface area contributed by atoms with Gasteiger partial charge >= 0.3 is 6.09 Å². The minimum atomic E-state index is -1.11. The summed E-state index contributed by atoms with van der Waals surface area (Å²) >= 11 is 1.41. The maximum Gasteiger partial charge on any atom is 0.409 e. The van der Waals surface area contributed by atoms with Crippen LogP contribution in [-0.2, 0) is 0 Å². The Morgan fingerprint density at radius 1 is 1.30 bits per heavy atom. The van der Waals surface area contributed by atoms with E-state index in [9.17, 15) is 4.79 Å². The molecular formula is C12H8N4O3S. The molecule has 3 rings (SSSR count). The highest BCUT2D eigenvalue weighted by Crippen LogP contribution is 2.24. The van der Waals surface area contributed by atoms with Gasteiger partial charge in [-0.3, -0.25) is 5.32 Å². The van der Waals surface area contributed by atoms with Gasteiger partial charge in [-0.1, -0.05) is 5.16 Å². The fourth-order valence-electron chi connectivity index (χ4n) is 1.58. The minimum Gasteiger partial charge on any atom is -0.465 e. The molecule has 2 N–H and O–H groups in total. The van der Waals surface area contributed by atoms with E-state index in [-0.39, 0.29) is 0 Å². The molecule has 0 aliphatic heterocycles. The van der Waals surface area contributed by atoms with E-state index in [1.54, 1.807) is 30.5 Å². The summed E-state index contributed by atoms with van der Waals surface area (Å²) < 4.78 is 5.14. The SMILES string of the molecule is O=C(O)Nc1ccc(-c2noc(-c3nccs3)n2)cc1. The molecule has 8 heteroatoms. The Hall–Kier alpha value is -2.74. The van der Waals surface area contributed by atoms with E-state index in [0.29, 0.717) is 22.4 Å². The molecule has 2 aromatic heterocycles. The second-order valence-corrected chi connectivity index (χ2v) is 4.66. The molecular weight excluding hydrogens is 280 g/mol. The largest absolute Gasteiger partial charge is 0.465 e. The summed E-state index contributed by atoms with van der Waals surface area (Å²) in [7, 11) is 0. The Morgan fingerprint density at radius 3 is 2.75 bits per heavy atom. The van der Waals surface area contributed by atoms with Gasteiger partial charge in [-0.15, -0.1) is 11.3 Å². The van der Waals surface area contributed by atoms with Gasteiger partial charge in [0, 0.05) is 22.8 Å². The molecule has 2 heterocycles. The number of nitrogens with one attached hydrogen (secondary N) is 1. The molecule has 1 aromatic carbocycles. The second-order valence-electron chi connectivity index (χ2n) is 3.77. The van der Waals surface area contributed by atoms with Gasteiger partial charge in [0.25, 0.3) is 5.89 Å². The number of benzene rings is 1. The second kappa shape index (κ2) is 5.10. The monoisotopic (exact) mass is 288 g/mol. The normalized spacial score (nSPS) is 10.4. The Balaban J connectivity index is 1.84. The van der Waals surface area contributed by atoms with Crippen LogP contribution >= 0.6 is 11.3 Å². The number of hydrogen-bond donors (Lipinski definition) is 2. The Kier molecular flexibility index (Phi) is 3.13. The third kappa shape index (κ3) is 2.50. The molecule has 0 saturated heterocycles. The molecule has 20 heavy (non-hydrogen) atoms. The Morgan fingerprint density at radius 2 is 2.10 bits per heavy atom. The van der Waals surface area contributed by atoms with Crippen LogP contribution in [-0.4, -0.2) is 26.3 Å². The zero-order valence-corrected chi connectivity index (χ0v) is 10.8. The molecule has 7 nitrogen and oxygen atoms in total. The van der Waals surface area contributed by atoms with Crippen LogP contribution in [0.1, 0.15) is 0 Å². The Bertz CT molecular complexity index is 722. The van der Waals surface area contributed by atoms with Crippen molar-refractivity contribution in [2.75, 3.05) is 5.32 Å². The molecule has 0 atom stereocenters. The van der Waals surface area contributed by atoms with Gasteiger partial charge in [0.15, 0.2) is 5.01 Å². The van der Waals surface area contributed by atoms with Crippen molar-refractivity contribution in [3.8, 4) is 22.3 Å². The summed E-state index contributed by atoms with van der Waals surface area (Å²) in [6, 6.07) is 6.68. The average Bonchev–Trinajstić information content (AvgIpc) is 3.10. The van der Waals surface area contributed by atoms with Gasteiger partial charge in [-0.2, -0.15) is 4.98 Å². The molecule has 0 radical (unpaired) electrons. The van der Waals surface area contributed by atoms with E-state index in [1.807, 2.05) is 5.38 Å². The van der Waals surface area contributed by atoms with Crippen LogP contribution in [0, 0.1) is 0 Å². The standard InChI is InChI=1S/C12H8N4O3S/c17-12(18)14-8-3-1-7(2-4-8)9-15-10(19-16-9)11-13-5-6-20-11/h1-6,14H,(H,17,18). The van der Waals surface area contributed by atoms with Crippen molar-refractivity contribution in [1.29, 1.82) is 0 Å². The molecule has 0 bridgehead atoms. The third-order valence-electron chi connectivity index (χ3n) is 2.44. The number of thiazole rings is 1. The summed E-state index contributed by atoms with van der Waals surface area (Å²) in [6.45, 7) is 0. The topological polar surface area (TPSA) is 101 Å². The predicted molar refractivity (Wildman–Crippen MR) is 72.5 cm³/mol. The lowest BCUT2D eigenvalue weighted by molar-refractivity contribution is 0.210. The third-order valence-corrected chi connectivity index (χ3v) is 3.20. The lowest BCUT2D eigenvalue weighted by Gasteiger charge is -2.00. The molecule has 100 valence electrons.